The largest absolute Gasteiger partial charge is 0.361 e. The smallest absolute Gasteiger partial charge is 0.271 e. The minimum Gasteiger partial charge on any atom is -0.361 e. The van der Waals surface area contributed by atoms with Crippen molar-refractivity contribution >= 4 is 34.1 Å². The molecule has 0 unspecified atom stereocenters. The van der Waals surface area contributed by atoms with E-state index in [2.05, 4.69) is 37.6 Å². The quantitative estimate of drug-likeness (QED) is 0.305. The van der Waals surface area contributed by atoms with Crippen LogP contribution in [0.2, 0.25) is 0 Å². The highest BCUT2D eigenvalue weighted by molar-refractivity contribution is 6.01. The third-order valence-electron chi connectivity index (χ3n) is 5.00. The van der Waals surface area contributed by atoms with Gasteiger partial charge in [0.15, 0.2) is 0 Å². The molecule has 0 saturated carbocycles. The number of hydrazone groups is 1. The van der Waals surface area contributed by atoms with Crippen molar-refractivity contribution in [2.24, 2.45) is 5.10 Å². The minimum atomic E-state index is -0.271. The molecular weight excluding hydrogens is 374 g/mol. The second-order valence-electron chi connectivity index (χ2n) is 7.07. The number of rotatable bonds is 5. The average molecular weight is 393 g/mol. The fourth-order valence-electron chi connectivity index (χ4n) is 3.50. The first-order chi connectivity index (χ1) is 14.8. The lowest BCUT2D eigenvalue weighted by molar-refractivity contribution is 0.0955. The van der Waals surface area contributed by atoms with E-state index in [9.17, 15) is 4.79 Å². The molecule has 0 bridgehead atoms. The van der Waals surface area contributed by atoms with Gasteiger partial charge in [-0.3, -0.25) is 4.79 Å². The van der Waals surface area contributed by atoms with E-state index in [4.69, 9.17) is 0 Å². The van der Waals surface area contributed by atoms with E-state index in [-0.39, 0.29) is 5.91 Å². The highest BCUT2D eigenvalue weighted by Crippen LogP contribution is 2.17. The Kier molecular flexibility index (Phi) is 4.57. The second-order valence-corrected chi connectivity index (χ2v) is 7.07. The molecule has 5 aromatic rings. The number of hydrogen-bond acceptors (Lipinski definition) is 3. The zero-order valence-corrected chi connectivity index (χ0v) is 16.1. The number of aromatic nitrogens is 3. The number of fused-ring (bicyclic) bond motifs is 2. The van der Waals surface area contributed by atoms with E-state index in [1.165, 1.54) is 5.56 Å². The van der Waals surface area contributed by atoms with Crippen LogP contribution in [0.3, 0.4) is 0 Å². The van der Waals surface area contributed by atoms with Crippen molar-refractivity contribution in [1.29, 1.82) is 0 Å². The SMILES string of the molecule is O=C(N/N=C\c1c[nH]c2ccccc12)c1ccc2nc(Cc3ccccc3)[nH]c2c1. The molecular formula is C24H19N5O. The van der Waals surface area contributed by atoms with E-state index >= 15 is 0 Å². The number of hydrogen-bond donors (Lipinski definition) is 3. The Bertz CT molecular complexity index is 1360. The summed E-state index contributed by atoms with van der Waals surface area (Å²) < 4.78 is 0. The van der Waals surface area contributed by atoms with Gasteiger partial charge in [0, 0.05) is 34.6 Å². The monoisotopic (exact) mass is 393 g/mol. The molecule has 6 heteroatoms. The van der Waals surface area contributed by atoms with Crippen LogP contribution >= 0.6 is 0 Å². The van der Waals surface area contributed by atoms with Crippen LogP contribution in [0.15, 0.2) is 84.1 Å². The molecule has 0 saturated heterocycles. The Morgan fingerprint density at radius 3 is 2.73 bits per heavy atom. The molecule has 6 nitrogen and oxygen atoms in total. The van der Waals surface area contributed by atoms with E-state index in [1.54, 1.807) is 18.3 Å². The predicted octanol–water partition coefficient (Wildman–Crippen LogP) is 4.40. The number of nitrogens with one attached hydrogen (secondary N) is 3. The van der Waals surface area contributed by atoms with Gasteiger partial charge in [-0.25, -0.2) is 10.4 Å². The summed E-state index contributed by atoms with van der Waals surface area (Å²) in [5.41, 5.74) is 7.91. The van der Waals surface area contributed by atoms with Crippen LogP contribution in [0, 0.1) is 0 Å². The second kappa shape index (κ2) is 7.67. The zero-order chi connectivity index (χ0) is 20.3. The molecule has 3 N–H and O–H groups in total. The summed E-state index contributed by atoms with van der Waals surface area (Å²) in [6, 6.07) is 23.5. The number of nitrogens with zero attached hydrogens (tertiary/aromatic N) is 2. The number of imidazole rings is 1. The molecule has 0 aliphatic carbocycles. The van der Waals surface area contributed by atoms with Gasteiger partial charge in [-0.05, 0) is 29.8 Å². The normalized spacial score (nSPS) is 11.5. The van der Waals surface area contributed by atoms with Crippen molar-refractivity contribution in [2.75, 3.05) is 0 Å². The van der Waals surface area contributed by atoms with Crippen LogP contribution < -0.4 is 5.43 Å². The van der Waals surface area contributed by atoms with Crippen molar-refractivity contribution in [3.8, 4) is 0 Å². The van der Waals surface area contributed by atoms with Crippen LogP contribution in [-0.4, -0.2) is 27.1 Å². The van der Waals surface area contributed by atoms with Crippen LogP contribution in [-0.2, 0) is 6.42 Å². The predicted molar refractivity (Wildman–Crippen MR) is 119 cm³/mol. The van der Waals surface area contributed by atoms with Gasteiger partial charge in [0.05, 0.1) is 17.2 Å². The molecule has 2 aromatic heterocycles. The molecule has 0 atom stereocenters. The highest BCUT2D eigenvalue weighted by Gasteiger charge is 2.09. The van der Waals surface area contributed by atoms with E-state index in [0.717, 1.165) is 33.3 Å². The molecule has 0 radical (unpaired) electrons. The Labute approximate surface area is 172 Å². The number of carbonyl (C=O) groups is 1. The number of carbonyl (C=O) groups excluding carboxylic acids is 1. The topological polar surface area (TPSA) is 85.9 Å². The lowest BCUT2D eigenvalue weighted by atomic mass is 10.1. The number of para-hydroxylation sites is 1. The Balaban J connectivity index is 1.31. The summed E-state index contributed by atoms with van der Waals surface area (Å²) in [7, 11) is 0. The van der Waals surface area contributed by atoms with Crippen molar-refractivity contribution in [2.45, 2.75) is 6.42 Å². The van der Waals surface area contributed by atoms with Crippen molar-refractivity contribution in [3.63, 3.8) is 0 Å². The van der Waals surface area contributed by atoms with Gasteiger partial charge < -0.3 is 9.97 Å². The maximum absolute atomic E-state index is 12.5. The number of benzene rings is 3. The summed E-state index contributed by atoms with van der Waals surface area (Å²) in [5, 5.41) is 5.17. The molecule has 0 fully saturated rings. The molecule has 1 amide bonds. The van der Waals surface area contributed by atoms with Crippen molar-refractivity contribution in [3.05, 3.63) is 102 Å². The molecule has 5 rings (SSSR count). The van der Waals surface area contributed by atoms with Gasteiger partial charge in [-0.2, -0.15) is 5.10 Å². The van der Waals surface area contributed by atoms with Crippen LogP contribution in [0.1, 0.15) is 27.3 Å². The van der Waals surface area contributed by atoms with Crippen molar-refractivity contribution in [1.82, 2.24) is 20.4 Å². The summed E-state index contributed by atoms with van der Waals surface area (Å²) in [4.78, 5) is 23.6. The summed E-state index contributed by atoms with van der Waals surface area (Å²) in [6.07, 6.45) is 4.22. The highest BCUT2D eigenvalue weighted by atomic mass is 16.2. The third kappa shape index (κ3) is 3.58. The molecule has 0 aliphatic rings. The van der Waals surface area contributed by atoms with Gasteiger partial charge >= 0.3 is 0 Å². The van der Waals surface area contributed by atoms with E-state index in [1.807, 2.05) is 54.7 Å². The summed E-state index contributed by atoms with van der Waals surface area (Å²) >= 11 is 0. The number of amides is 1. The maximum atomic E-state index is 12.5. The third-order valence-corrected chi connectivity index (χ3v) is 5.00. The molecule has 30 heavy (non-hydrogen) atoms. The first-order valence-corrected chi connectivity index (χ1v) is 9.68. The zero-order valence-electron chi connectivity index (χ0n) is 16.1. The van der Waals surface area contributed by atoms with E-state index < -0.39 is 0 Å². The van der Waals surface area contributed by atoms with Crippen LogP contribution in [0.25, 0.3) is 21.9 Å². The molecule has 146 valence electrons. The van der Waals surface area contributed by atoms with Gasteiger partial charge in [0.2, 0.25) is 0 Å². The van der Waals surface area contributed by atoms with Gasteiger partial charge in [-0.1, -0.05) is 48.5 Å². The van der Waals surface area contributed by atoms with E-state index in [0.29, 0.717) is 12.0 Å². The number of H-pyrrole nitrogens is 2. The van der Waals surface area contributed by atoms with Gasteiger partial charge in [0.25, 0.3) is 5.91 Å². The first-order valence-electron chi connectivity index (χ1n) is 9.68. The summed E-state index contributed by atoms with van der Waals surface area (Å²) in [5.74, 6) is 0.596. The lowest BCUT2D eigenvalue weighted by Crippen LogP contribution is -2.17. The van der Waals surface area contributed by atoms with Crippen LogP contribution in [0.4, 0.5) is 0 Å². The molecule has 0 aliphatic heterocycles. The number of aromatic amines is 2. The Hall–Kier alpha value is -4.19. The lowest BCUT2D eigenvalue weighted by Gasteiger charge is -1.99. The first kappa shape index (κ1) is 17.9. The van der Waals surface area contributed by atoms with Gasteiger partial charge in [0.1, 0.15) is 5.82 Å². The van der Waals surface area contributed by atoms with Crippen molar-refractivity contribution < 1.29 is 4.79 Å². The summed E-state index contributed by atoms with van der Waals surface area (Å²) in [6.45, 7) is 0. The fraction of sp³-hybridized carbons (Fsp3) is 0.0417. The standard InChI is InChI=1S/C24H19N5O/c30-24(29-26-15-18-14-25-20-9-5-4-8-19(18)20)17-10-11-21-22(13-17)28-23(27-21)12-16-6-2-1-3-7-16/h1-11,13-15,25H,12H2,(H,27,28)(H,29,30)/b26-15-. The molecule has 2 heterocycles. The Morgan fingerprint density at radius 2 is 1.83 bits per heavy atom. The molecule has 0 spiro atoms. The fourth-order valence-corrected chi connectivity index (χ4v) is 3.50. The Morgan fingerprint density at radius 1 is 1.00 bits per heavy atom. The molecule has 3 aromatic carbocycles. The minimum absolute atomic E-state index is 0.271. The van der Waals surface area contributed by atoms with Gasteiger partial charge in [-0.15, -0.1) is 0 Å². The van der Waals surface area contributed by atoms with Crippen LogP contribution in [0.5, 0.6) is 0 Å². The maximum Gasteiger partial charge on any atom is 0.271 e. The average Bonchev–Trinajstić information content (AvgIpc) is 3.37.